The normalized spacial score (nSPS) is 23.6. The number of nitrogens with zero attached hydrogens (tertiary/aromatic N) is 1. The van der Waals surface area contributed by atoms with E-state index in [1.807, 2.05) is 0 Å². The number of carbonyl (C=O) groups excluding carboxylic acids is 3. The van der Waals surface area contributed by atoms with E-state index in [1.165, 1.54) is 0 Å². The molecule has 0 spiro atoms. The first-order chi connectivity index (χ1) is 12.4. The van der Waals surface area contributed by atoms with Gasteiger partial charge in [0.1, 0.15) is 12.1 Å². The molecule has 5 N–H and O–H groups in total. The Morgan fingerprint density at radius 2 is 1.96 bits per heavy atom. The molecule has 2 saturated heterocycles. The van der Waals surface area contributed by atoms with Crippen LogP contribution in [0.25, 0.3) is 0 Å². The summed E-state index contributed by atoms with van der Waals surface area (Å²) in [5, 5.41) is 14.4. The molecule has 2 heterocycles. The number of amides is 3. The number of aliphatic carboxylic acids is 1. The van der Waals surface area contributed by atoms with Gasteiger partial charge in [0.25, 0.3) is 0 Å². The van der Waals surface area contributed by atoms with Crippen LogP contribution in [0.5, 0.6) is 0 Å². The summed E-state index contributed by atoms with van der Waals surface area (Å²) in [5.41, 5.74) is 5.36. The molecule has 2 aliphatic heterocycles. The van der Waals surface area contributed by atoms with Gasteiger partial charge in [0, 0.05) is 13.0 Å². The first kappa shape index (κ1) is 20.2. The van der Waals surface area contributed by atoms with E-state index in [0.717, 1.165) is 25.8 Å². The lowest BCUT2D eigenvalue weighted by atomic mass is 10.1. The maximum absolute atomic E-state index is 12.6. The van der Waals surface area contributed by atoms with Crippen molar-refractivity contribution in [3.63, 3.8) is 0 Å². The lowest BCUT2D eigenvalue weighted by Crippen LogP contribution is -2.54. The summed E-state index contributed by atoms with van der Waals surface area (Å²) in [4.78, 5) is 48.9. The van der Waals surface area contributed by atoms with Gasteiger partial charge in [0.15, 0.2) is 0 Å². The fourth-order valence-electron chi connectivity index (χ4n) is 3.58. The number of carboxylic acid groups (broad SMARTS) is 1. The van der Waals surface area contributed by atoms with Gasteiger partial charge in [-0.15, -0.1) is 0 Å². The van der Waals surface area contributed by atoms with E-state index in [4.69, 9.17) is 10.8 Å². The average molecular weight is 368 g/mol. The van der Waals surface area contributed by atoms with Crippen LogP contribution >= 0.6 is 0 Å². The van der Waals surface area contributed by atoms with Crippen LogP contribution in [0.1, 0.15) is 51.4 Å². The molecule has 0 bridgehead atoms. The highest BCUT2D eigenvalue weighted by molar-refractivity contribution is 5.93. The fourth-order valence-corrected chi connectivity index (χ4v) is 3.58. The zero-order valence-corrected chi connectivity index (χ0v) is 14.9. The molecule has 2 aliphatic rings. The zero-order valence-electron chi connectivity index (χ0n) is 14.9. The Morgan fingerprint density at radius 3 is 2.58 bits per heavy atom. The number of rotatable bonds is 9. The Morgan fingerprint density at radius 1 is 1.19 bits per heavy atom. The second-order valence-electron chi connectivity index (χ2n) is 6.94. The van der Waals surface area contributed by atoms with Gasteiger partial charge in [-0.2, -0.15) is 0 Å². The van der Waals surface area contributed by atoms with Crippen LogP contribution in [0.4, 0.5) is 0 Å². The lowest BCUT2D eigenvalue weighted by Gasteiger charge is -2.28. The van der Waals surface area contributed by atoms with Crippen molar-refractivity contribution in [3.05, 3.63) is 0 Å². The number of primary amides is 1. The van der Waals surface area contributed by atoms with E-state index in [1.54, 1.807) is 4.90 Å². The molecule has 0 aliphatic carbocycles. The predicted octanol–water partition coefficient (Wildman–Crippen LogP) is -0.655. The van der Waals surface area contributed by atoms with Gasteiger partial charge >= 0.3 is 5.97 Å². The molecule has 9 heteroatoms. The fraction of sp³-hybridized carbons (Fsp3) is 0.765. The number of unbranched alkanes of at least 4 members (excludes halogenated alkanes) is 1. The minimum Gasteiger partial charge on any atom is -0.481 e. The molecule has 3 atom stereocenters. The largest absolute Gasteiger partial charge is 0.481 e. The summed E-state index contributed by atoms with van der Waals surface area (Å²) in [6.45, 7) is 1.34. The third-order valence-electron chi connectivity index (χ3n) is 4.99. The highest BCUT2D eigenvalue weighted by Gasteiger charge is 2.38. The van der Waals surface area contributed by atoms with Crippen molar-refractivity contribution in [3.8, 4) is 0 Å². The number of hydrogen-bond acceptors (Lipinski definition) is 5. The predicted molar refractivity (Wildman–Crippen MR) is 93.0 cm³/mol. The van der Waals surface area contributed by atoms with Gasteiger partial charge in [0.05, 0.1) is 6.04 Å². The Balaban J connectivity index is 1.89. The van der Waals surface area contributed by atoms with E-state index in [-0.39, 0.29) is 24.3 Å². The van der Waals surface area contributed by atoms with Crippen LogP contribution < -0.4 is 16.4 Å². The van der Waals surface area contributed by atoms with Crippen LogP contribution in [0.15, 0.2) is 0 Å². The number of likely N-dealkylation sites (tertiary alicyclic amines) is 1. The van der Waals surface area contributed by atoms with Crippen LogP contribution in [0.3, 0.4) is 0 Å². The Bertz CT molecular complexity index is 547. The topological polar surface area (TPSA) is 142 Å². The summed E-state index contributed by atoms with van der Waals surface area (Å²) in [6, 6.07) is -1.66. The average Bonchev–Trinajstić information content (AvgIpc) is 3.27. The molecule has 26 heavy (non-hydrogen) atoms. The molecule has 2 fully saturated rings. The van der Waals surface area contributed by atoms with E-state index < -0.39 is 24.0 Å². The number of hydrogen-bond donors (Lipinski definition) is 4. The lowest BCUT2D eigenvalue weighted by molar-refractivity contribution is -0.140. The SMILES string of the molecule is NC(=O)[C@H](CCCCC(=O)O)NC(=O)[C@@H]1CCCN1C(=O)[C@H]1CCCN1. The summed E-state index contributed by atoms with van der Waals surface area (Å²) in [5.74, 6) is -1.97. The molecular formula is C17H28N4O5. The smallest absolute Gasteiger partial charge is 0.303 e. The summed E-state index contributed by atoms with van der Waals surface area (Å²) < 4.78 is 0. The molecule has 0 aromatic heterocycles. The minimum atomic E-state index is -0.898. The highest BCUT2D eigenvalue weighted by atomic mass is 16.4. The minimum absolute atomic E-state index is 0.0126. The summed E-state index contributed by atoms with van der Waals surface area (Å²) in [7, 11) is 0. The van der Waals surface area contributed by atoms with Gasteiger partial charge in [-0.25, -0.2) is 0 Å². The van der Waals surface area contributed by atoms with Gasteiger partial charge in [-0.3, -0.25) is 19.2 Å². The van der Waals surface area contributed by atoms with Crippen LogP contribution in [0.2, 0.25) is 0 Å². The molecular weight excluding hydrogens is 340 g/mol. The summed E-state index contributed by atoms with van der Waals surface area (Å²) >= 11 is 0. The maximum atomic E-state index is 12.6. The zero-order chi connectivity index (χ0) is 19.1. The van der Waals surface area contributed by atoms with Gasteiger partial charge in [-0.1, -0.05) is 6.42 Å². The van der Waals surface area contributed by atoms with Crippen LogP contribution in [-0.2, 0) is 19.2 Å². The van der Waals surface area contributed by atoms with Crippen molar-refractivity contribution in [1.29, 1.82) is 0 Å². The maximum Gasteiger partial charge on any atom is 0.303 e. The molecule has 0 unspecified atom stereocenters. The highest BCUT2D eigenvalue weighted by Crippen LogP contribution is 2.21. The molecule has 0 radical (unpaired) electrons. The second kappa shape index (κ2) is 9.51. The van der Waals surface area contributed by atoms with E-state index in [2.05, 4.69) is 10.6 Å². The number of carboxylic acids is 1. The van der Waals surface area contributed by atoms with E-state index in [0.29, 0.717) is 32.2 Å². The summed E-state index contributed by atoms with van der Waals surface area (Å²) in [6.07, 6.45) is 4.22. The van der Waals surface area contributed by atoms with E-state index >= 15 is 0 Å². The molecule has 146 valence electrons. The molecule has 0 aromatic carbocycles. The van der Waals surface area contributed by atoms with Crippen molar-refractivity contribution in [2.75, 3.05) is 13.1 Å². The second-order valence-corrected chi connectivity index (χ2v) is 6.94. The van der Waals surface area contributed by atoms with Gasteiger partial charge < -0.3 is 26.4 Å². The molecule has 0 saturated carbocycles. The first-order valence-electron chi connectivity index (χ1n) is 9.25. The number of carbonyl (C=O) groups is 4. The third-order valence-corrected chi connectivity index (χ3v) is 4.99. The van der Waals surface area contributed by atoms with Crippen LogP contribution in [0, 0.1) is 0 Å². The Labute approximate surface area is 152 Å². The Kier molecular flexibility index (Phi) is 7.38. The van der Waals surface area contributed by atoms with Crippen molar-refractivity contribution in [2.45, 2.75) is 69.5 Å². The monoisotopic (exact) mass is 368 g/mol. The molecule has 9 nitrogen and oxygen atoms in total. The molecule has 2 rings (SSSR count). The van der Waals surface area contributed by atoms with Crippen molar-refractivity contribution in [1.82, 2.24) is 15.5 Å². The third kappa shape index (κ3) is 5.42. The molecule has 3 amide bonds. The van der Waals surface area contributed by atoms with Crippen molar-refractivity contribution >= 4 is 23.7 Å². The van der Waals surface area contributed by atoms with Gasteiger partial charge in [-0.05, 0) is 45.1 Å². The van der Waals surface area contributed by atoms with Gasteiger partial charge in [0.2, 0.25) is 17.7 Å². The number of nitrogens with one attached hydrogen (secondary N) is 2. The van der Waals surface area contributed by atoms with E-state index in [9.17, 15) is 19.2 Å². The van der Waals surface area contributed by atoms with Crippen molar-refractivity contribution in [2.24, 2.45) is 5.73 Å². The quantitative estimate of drug-likeness (QED) is 0.398. The van der Waals surface area contributed by atoms with Crippen LogP contribution in [-0.4, -0.2) is 64.9 Å². The van der Waals surface area contributed by atoms with Crippen molar-refractivity contribution < 1.29 is 24.3 Å². The standard InChI is InChI=1S/C17H28N4O5/c18-15(24)11(5-1-2-8-14(22)23)20-16(25)13-7-4-10-21(13)17(26)12-6-3-9-19-12/h11-13,19H,1-10H2,(H2,18,24)(H,20,25)(H,22,23)/t11-,12+,13-/m0/s1. The first-order valence-corrected chi connectivity index (χ1v) is 9.25. The molecule has 0 aromatic rings. The Hall–Kier alpha value is -2.16. The number of nitrogens with two attached hydrogens (primary N) is 1.